The van der Waals surface area contributed by atoms with Crippen molar-refractivity contribution in [2.45, 2.75) is 46.6 Å². The molecule has 1 amide bonds. The summed E-state index contributed by atoms with van der Waals surface area (Å²) in [4.78, 5) is 20.5. The number of carbonyl (C=O) groups is 1. The number of aryl methyl sites for hydroxylation is 1. The Morgan fingerprint density at radius 3 is 2.75 bits per heavy atom. The third-order valence-corrected chi connectivity index (χ3v) is 7.81. The predicted molar refractivity (Wildman–Crippen MR) is 118 cm³/mol. The van der Waals surface area contributed by atoms with E-state index in [1.807, 2.05) is 24.4 Å². The number of nitrogens with one attached hydrogen (secondary N) is 1. The number of rotatable bonds is 4. The molecule has 1 aromatic carbocycles. The fourth-order valence-corrected chi connectivity index (χ4v) is 5.71. The number of amides is 1. The Bertz CT molecular complexity index is 966. The molecule has 0 saturated carbocycles. The van der Waals surface area contributed by atoms with Gasteiger partial charge in [-0.25, -0.2) is 4.98 Å². The van der Waals surface area contributed by atoms with Crippen molar-refractivity contribution in [3.63, 3.8) is 0 Å². The van der Waals surface area contributed by atoms with Crippen molar-refractivity contribution in [2.75, 3.05) is 0 Å². The van der Waals surface area contributed by atoms with Gasteiger partial charge in [-0.3, -0.25) is 4.79 Å². The van der Waals surface area contributed by atoms with Gasteiger partial charge < -0.3 is 5.32 Å². The Hall–Kier alpha value is -1.98. The van der Waals surface area contributed by atoms with Gasteiger partial charge in [-0.05, 0) is 42.2 Å². The van der Waals surface area contributed by atoms with Gasteiger partial charge in [-0.15, -0.1) is 22.7 Å². The monoisotopic (exact) mass is 410 g/mol. The van der Waals surface area contributed by atoms with Crippen LogP contribution in [0.1, 0.15) is 52.2 Å². The quantitative estimate of drug-likeness (QED) is 0.577. The Morgan fingerprint density at radius 1 is 1.21 bits per heavy atom. The van der Waals surface area contributed by atoms with E-state index in [-0.39, 0.29) is 5.91 Å². The van der Waals surface area contributed by atoms with Crippen molar-refractivity contribution in [3.05, 3.63) is 62.8 Å². The van der Waals surface area contributed by atoms with Crippen molar-refractivity contribution in [1.82, 2.24) is 10.3 Å². The zero-order valence-electron chi connectivity index (χ0n) is 16.6. The van der Waals surface area contributed by atoms with Crippen LogP contribution >= 0.6 is 22.7 Å². The van der Waals surface area contributed by atoms with E-state index in [0.717, 1.165) is 33.2 Å². The van der Waals surface area contributed by atoms with Gasteiger partial charge in [-0.1, -0.05) is 51.1 Å². The van der Waals surface area contributed by atoms with Gasteiger partial charge in [0, 0.05) is 21.5 Å². The van der Waals surface area contributed by atoms with Crippen LogP contribution in [-0.2, 0) is 19.4 Å². The van der Waals surface area contributed by atoms with Crippen molar-refractivity contribution >= 4 is 28.6 Å². The molecule has 1 atom stereocenters. The molecule has 146 valence electrons. The molecule has 3 nitrogen and oxygen atoms in total. The molecular formula is C23H26N2OS2. The first-order valence-corrected chi connectivity index (χ1v) is 11.4. The van der Waals surface area contributed by atoms with E-state index < -0.39 is 0 Å². The highest BCUT2D eigenvalue weighted by Crippen LogP contribution is 2.40. The molecule has 1 N–H and O–H groups in total. The maximum absolute atomic E-state index is 12.7. The highest BCUT2D eigenvalue weighted by molar-refractivity contribution is 7.15. The van der Waals surface area contributed by atoms with E-state index >= 15 is 0 Å². The number of hydrogen-bond acceptors (Lipinski definition) is 4. The molecule has 0 spiro atoms. The lowest BCUT2D eigenvalue weighted by Gasteiger charge is -2.33. The number of fused-ring (bicyclic) bond motifs is 1. The minimum Gasteiger partial charge on any atom is -0.346 e. The first-order chi connectivity index (χ1) is 13.4. The summed E-state index contributed by atoms with van der Waals surface area (Å²) < 4.78 is 0. The summed E-state index contributed by atoms with van der Waals surface area (Å²) in [5.41, 5.74) is 2.82. The number of thiophene rings is 1. The Balaban J connectivity index is 1.39. The summed E-state index contributed by atoms with van der Waals surface area (Å²) in [5, 5.41) is 4.06. The SMILES string of the molecule is CC(C)(C)[C@@H]1CCc2sc(C(=O)NCc3cnc(-c4ccccc4)s3)cc2C1. The highest BCUT2D eigenvalue weighted by Gasteiger charge is 2.30. The van der Waals surface area contributed by atoms with Crippen LogP contribution < -0.4 is 5.32 Å². The summed E-state index contributed by atoms with van der Waals surface area (Å²) >= 11 is 3.30. The van der Waals surface area contributed by atoms with Gasteiger partial charge in [0.25, 0.3) is 5.91 Å². The topological polar surface area (TPSA) is 42.0 Å². The number of hydrogen-bond donors (Lipinski definition) is 1. The second-order valence-electron chi connectivity index (χ2n) is 8.55. The van der Waals surface area contributed by atoms with E-state index in [2.05, 4.69) is 49.3 Å². The predicted octanol–water partition coefficient (Wildman–Crippen LogP) is 5.95. The minimum absolute atomic E-state index is 0.0290. The lowest BCUT2D eigenvalue weighted by Crippen LogP contribution is -2.26. The van der Waals surface area contributed by atoms with Crippen LogP contribution in [0.2, 0.25) is 0 Å². The first kappa shape index (κ1) is 19.3. The van der Waals surface area contributed by atoms with Gasteiger partial charge in [0.15, 0.2) is 0 Å². The Labute approximate surface area is 174 Å². The third-order valence-electron chi connectivity index (χ3n) is 5.53. The summed E-state index contributed by atoms with van der Waals surface area (Å²) in [6, 6.07) is 12.3. The Kier molecular flexibility index (Phi) is 5.39. The minimum atomic E-state index is 0.0290. The fraction of sp³-hybridized carbons (Fsp3) is 0.391. The maximum Gasteiger partial charge on any atom is 0.261 e. The fourth-order valence-electron chi connectivity index (χ4n) is 3.73. The zero-order valence-corrected chi connectivity index (χ0v) is 18.3. The molecule has 1 aliphatic carbocycles. The summed E-state index contributed by atoms with van der Waals surface area (Å²) in [7, 11) is 0. The van der Waals surface area contributed by atoms with E-state index in [4.69, 9.17) is 0 Å². The first-order valence-electron chi connectivity index (χ1n) is 9.80. The lowest BCUT2D eigenvalue weighted by molar-refractivity contribution is 0.0955. The average molecular weight is 411 g/mol. The summed E-state index contributed by atoms with van der Waals surface area (Å²) in [6.07, 6.45) is 5.28. The maximum atomic E-state index is 12.7. The second kappa shape index (κ2) is 7.80. The molecular weight excluding hydrogens is 384 g/mol. The number of benzene rings is 1. The molecule has 0 bridgehead atoms. The van der Waals surface area contributed by atoms with Crippen LogP contribution in [0.3, 0.4) is 0 Å². The van der Waals surface area contributed by atoms with Gasteiger partial charge in [0.1, 0.15) is 5.01 Å². The molecule has 0 fully saturated rings. The van der Waals surface area contributed by atoms with Crippen LogP contribution in [0.5, 0.6) is 0 Å². The molecule has 28 heavy (non-hydrogen) atoms. The standard InChI is InChI=1S/C23H26N2OS2/c1-23(2,3)17-9-10-19-16(11-17)12-20(28-19)21(26)24-13-18-14-25-22(27-18)15-7-5-4-6-8-15/h4-8,12,14,17H,9-11,13H2,1-3H3,(H,24,26)/t17-/m1/s1. The largest absolute Gasteiger partial charge is 0.346 e. The molecule has 1 aliphatic rings. The highest BCUT2D eigenvalue weighted by atomic mass is 32.1. The van der Waals surface area contributed by atoms with E-state index in [1.165, 1.54) is 16.9 Å². The lowest BCUT2D eigenvalue weighted by atomic mass is 9.72. The van der Waals surface area contributed by atoms with Gasteiger partial charge >= 0.3 is 0 Å². The second-order valence-corrected chi connectivity index (χ2v) is 10.8. The van der Waals surface area contributed by atoms with Crippen LogP contribution in [0, 0.1) is 11.3 Å². The molecule has 0 radical (unpaired) electrons. The summed E-state index contributed by atoms with van der Waals surface area (Å²) in [5.74, 6) is 0.723. The number of thiazole rings is 1. The normalized spacial score (nSPS) is 16.6. The molecule has 2 aromatic heterocycles. The van der Waals surface area contributed by atoms with Crippen molar-refractivity contribution in [2.24, 2.45) is 11.3 Å². The number of nitrogens with zero attached hydrogens (tertiary/aromatic N) is 1. The molecule has 0 aliphatic heterocycles. The van der Waals surface area contributed by atoms with Crippen LogP contribution in [0.4, 0.5) is 0 Å². The van der Waals surface area contributed by atoms with E-state index in [9.17, 15) is 4.79 Å². The number of carbonyl (C=O) groups excluding carboxylic acids is 1. The zero-order chi connectivity index (χ0) is 19.7. The molecule has 2 heterocycles. The van der Waals surface area contributed by atoms with E-state index in [1.54, 1.807) is 22.7 Å². The van der Waals surface area contributed by atoms with Crippen LogP contribution in [0.25, 0.3) is 10.6 Å². The van der Waals surface area contributed by atoms with Gasteiger partial charge in [0.05, 0.1) is 11.4 Å². The number of aromatic nitrogens is 1. The van der Waals surface area contributed by atoms with Crippen molar-refractivity contribution in [3.8, 4) is 10.6 Å². The molecule has 5 heteroatoms. The molecule has 3 aromatic rings. The van der Waals surface area contributed by atoms with E-state index in [0.29, 0.717) is 17.9 Å². The van der Waals surface area contributed by atoms with Crippen molar-refractivity contribution < 1.29 is 4.79 Å². The smallest absolute Gasteiger partial charge is 0.261 e. The molecule has 0 saturated heterocycles. The Morgan fingerprint density at radius 2 is 2.00 bits per heavy atom. The van der Waals surface area contributed by atoms with Gasteiger partial charge in [-0.2, -0.15) is 0 Å². The molecule has 0 unspecified atom stereocenters. The molecule has 4 rings (SSSR count). The van der Waals surface area contributed by atoms with Crippen LogP contribution in [-0.4, -0.2) is 10.9 Å². The van der Waals surface area contributed by atoms with Crippen molar-refractivity contribution in [1.29, 1.82) is 0 Å². The summed E-state index contributed by atoms with van der Waals surface area (Å²) in [6.45, 7) is 7.49. The third kappa shape index (κ3) is 4.20. The van der Waals surface area contributed by atoms with Crippen LogP contribution in [0.15, 0.2) is 42.6 Å². The average Bonchev–Trinajstić information content (AvgIpc) is 3.32. The van der Waals surface area contributed by atoms with Gasteiger partial charge in [0.2, 0.25) is 0 Å².